The number of hydrogen-bond donors (Lipinski definition) is 1. The van der Waals surface area contributed by atoms with Gasteiger partial charge in [-0.3, -0.25) is 19.3 Å². The zero-order chi connectivity index (χ0) is 23.1. The average Bonchev–Trinajstić information content (AvgIpc) is 3.58. The minimum Gasteiger partial charge on any atom is -0.497 e. The second-order valence-corrected chi connectivity index (χ2v) is 11.8. The van der Waals surface area contributed by atoms with Gasteiger partial charge in [-0.25, -0.2) is 0 Å². The van der Waals surface area contributed by atoms with Crippen LogP contribution in [0.2, 0.25) is 0 Å². The minimum atomic E-state index is -0.287. The minimum absolute atomic E-state index is 0.0382. The average molecular weight is 491 g/mol. The highest BCUT2D eigenvalue weighted by Gasteiger charge is 2.69. The monoisotopic (exact) mass is 490 g/mol. The maximum Gasteiger partial charge on any atom is 0.305 e. The Hall–Kier alpha value is -2.84. The fourth-order valence-electron chi connectivity index (χ4n) is 7.04. The standard InChI is InChI=1S/C26H22N2O4S2/c1-32-14-9-7-13(8-10-14)28-24(29)19-15-11-16(20(19)25(28)30)21-18(15)17(12-5-3-2-4-6-12)22-23(33-21)27-26(31)34-22/h2-10,15-21H,11H2,1H3,(H,27,31)/t15-,16-,17-,18-,19+,20-,21-/m0/s1. The van der Waals surface area contributed by atoms with E-state index < -0.39 is 0 Å². The van der Waals surface area contributed by atoms with E-state index in [0.29, 0.717) is 11.4 Å². The zero-order valence-corrected chi connectivity index (χ0v) is 20.0. The fraction of sp³-hybridized carbons (Fsp3) is 0.346. The molecule has 0 radical (unpaired) electrons. The molecule has 3 aromatic rings. The SMILES string of the molecule is COc1ccc(N2C(=O)[C@@H]3[C@H]4C[C@H]([C@@H]5Sc6[nH]c(=O)sc6[C@@H](c6ccccc6)[C@H]45)[C@@H]3C2=O)cc1. The Morgan fingerprint density at radius 3 is 2.35 bits per heavy atom. The van der Waals surface area contributed by atoms with Gasteiger partial charge in [-0.05, 0) is 54.0 Å². The number of thiazole rings is 1. The van der Waals surface area contributed by atoms with E-state index in [9.17, 15) is 14.4 Å². The summed E-state index contributed by atoms with van der Waals surface area (Å²) < 4.78 is 5.24. The van der Waals surface area contributed by atoms with Crippen LogP contribution in [-0.2, 0) is 9.59 Å². The van der Waals surface area contributed by atoms with Crippen molar-refractivity contribution >= 4 is 40.6 Å². The molecule has 7 atom stereocenters. The number of imide groups is 1. The molecule has 3 fully saturated rings. The first-order chi connectivity index (χ1) is 16.6. The number of nitrogens with one attached hydrogen (secondary N) is 1. The van der Waals surface area contributed by atoms with Crippen LogP contribution in [0.5, 0.6) is 5.75 Å². The molecule has 34 heavy (non-hydrogen) atoms. The lowest BCUT2D eigenvalue weighted by Crippen LogP contribution is -2.42. The van der Waals surface area contributed by atoms with Crippen molar-refractivity contribution in [1.82, 2.24) is 4.98 Å². The molecule has 6 nitrogen and oxygen atoms in total. The van der Waals surface area contributed by atoms with Crippen molar-refractivity contribution in [3.05, 3.63) is 74.7 Å². The normalized spacial score (nSPS) is 33.1. The van der Waals surface area contributed by atoms with Crippen LogP contribution in [0.4, 0.5) is 5.69 Å². The number of benzene rings is 2. The van der Waals surface area contributed by atoms with Crippen LogP contribution in [0.15, 0.2) is 64.4 Å². The zero-order valence-electron chi connectivity index (χ0n) is 18.3. The number of anilines is 1. The van der Waals surface area contributed by atoms with E-state index >= 15 is 0 Å². The lowest BCUT2D eigenvalue weighted by molar-refractivity contribution is -0.123. The van der Waals surface area contributed by atoms with Crippen LogP contribution in [-0.4, -0.2) is 29.2 Å². The van der Waals surface area contributed by atoms with E-state index in [1.54, 1.807) is 43.1 Å². The van der Waals surface area contributed by atoms with Gasteiger partial charge in [-0.2, -0.15) is 0 Å². The third-order valence-corrected chi connectivity index (χ3v) is 10.8. The molecule has 2 saturated carbocycles. The van der Waals surface area contributed by atoms with Crippen LogP contribution in [0.25, 0.3) is 0 Å². The number of H-pyrrole nitrogens is 1. The molecule has 8 heteroatoms. The summed E-state index contributed by atoms with van der Waals surface area (Å²) in [6.45, 7) is 0. The number of hydrogen-bond acceptors (Lipinski definition) is 6. The predicted octanol–water partition coefficient (Wildman–Crippen LogP) is 4.12. The Morgan fingerprint density at radius 2 is 1.65 bits per heavy atom. The molecule has 7 rings (SSSR count). The first-order valence-electron chi connectivity index (χ1n) is 11.5. The van der Waals surface area contributed by atoms with Crippen LogP contribution >= 0.6 is 23.1 Å². The molecule has 0 spiro atoms. The highest BCUT2D eigenvalue weighted by molar-refractivity contribution is 8.00. The van der Waals surface area contributed by atoms with Crippen molar-refractivity contribution in [1.29, 1.82) is 0 Å². The van der Waals surface area contributed by atoms with Crippen LogP contribution in [0.1, 0.15) is 22.8 Å². The molecular formula is C26H22N2O4S2. The fourth-order valence-corrected chi connectivity index (χ4v) is 9.93. The number of aromatic amines is 1. The molecule has 2 aromatic carbocycles. The lowest BCUT2D eigenvalue weighted by Gasteiger charge is -2.43. The topological polar surface area (TPSA) is 79.5 Å². The third kappa shape index (κ3) is 2.66. The Labute approximate surface area is 204 Å². The number of methoxy groups -OCH3 is 1. The van der Waals surface area contributed by atoms with E-state index in [0.717, 1.165) is 16.3 Å². The molecule has 0 unspecified atom stereocenters. The number of amides is 2. The van der Waals surface area contributed by atoms with Gasteiger partial charge in [-0.1, -0.05) is 41.7 Å². The maximum absolute atomic E-state index is 13.7. The van der Waals surface area contributed by atoms with Gasteiger partial charge in [0.15, 0.2) is 0 Å². The quantitative estimate of drug-likeness (QED) is 0.559. The first-order valence-corrected chi connectivity index (χ1v) is 13.2. The number of ether oxygens (including phenoxy) is 1. The summed E-state index contributed by atoms with van der Waals surface area (Å²) in [4.78, 5) is 45.1. The molecule has 1 saturated heterocycles. The van der Waals surface area contributed by atoms with Gasteiger partial charge in [0.2, 0.25) is 11.8 Å². The summed E-state index contributed by atoms with van der Waals surface area (Å²) in [6, 6.07) is 17.5. The molecular weight excluding hydrogens is 468 g/mol. The Balaban J connectivity index is 1.30. The molecule has 2 aliphatic carbocycles. The van der Waals surface area contributed by atoms with Gasteiger partial charge in [-0.15, -0.1) is 11.8 Å². The number of fused-ring (bicyclic) bond motifs is 9. The highest BCUT2D eigenvalue weighted by atomic mass is 32.2. The van der Waals surface area contributed by atoms with Crippen LogP contribution in [0.3, 0.4) is 0 Å². The molecule has 2 bridgehead atoms. The molecule has 2 aliphatic heterocycles. The van der Waals surface area contributed by atoms with E-state index in [-0.39, 0.29) is 57.4 Å². The van der Waals surface area contributed by atoms with Gasteiger partial charge in [0.1, 0.15) is 5.75 Å². The smallest absolute Gasteiger partial charge is 0.305 e. The number of aromatic nitrogens is 1. The number of nitrogens with zero attached hydrogens (tertiary/aromatic N) is 1. The second-order valence-electron chi connectivity index (χ2n) is 9.58. The summed E-state index contributed by atoms with van der Waals surface area (Å²) in [5, 5.41) is 1.15. The Morgan fingerprint density at radius 1 is 0.941 bits per heavy atom. The summed E-state index contributed by atoms with van der Waals surface area (Å²) in [7, 11) is 1.60. The number of carbonyl (C=O) groups excluding carboxylic acids is 2. The van der Waals surface area contributed by atoms with E-state index in [4.69, 9.17) is 4.74 Å². The predicted molar refractivity (Wildman–Crippen MR) is 130 cm³/mol. The molecule has 172 valence electrons. The first kappa shape index (κ1) is 20.5. The van der Waals surface area contributed by atoms with Gasteiger partial charge in [0.05, 0.1) is 29.7 Å². The third-order valence-electron chi connectivity index (χ3n) is 8.21. The largest absolute Gasteiger partial charge is 0.497 e. The number of carbonyl (C=O) groups is 2. The molecule has 2 amide bonds. The second kappa shape index (κ2) is 7.33. The summed E-state index contributed by atoms with van der Waals surface area (Å²) in [5.41, 5.74) is 1.80. The van der Waals surface area contributed by atoms with Crippen molar-refractivity contribution in [2.24, 2.45) is 29.6 Å². The van der Waals surface area contributed by atoms with Gasteiger partial charge < -0.3 is 9.72 Å². The van der Waals surface area contributed by atoms with Crippen molar-refractivity contribution in [3.8, 4) is 5.75 Å². The van der Waals surface area contributed by atoms with Crippen LogP contribution < -0.4 is 14.5 Å². The lowest BCUT2D eigenvalue weighted by atomic mass is 9.68. The van der Waals surface area contributed by atoms with Crippen molar-refractivity contribution in [3.63, 3.8) is 0 Å². The van der Waals surface area contributed by atoms with E-state index in [1.165, 1.54) is 21.8 Å². The summed E-state index contributed by atoms with van der Waals surface area (Å²) >= 11 is 3.01. The van der Waals surface area contributed by atoms with Crippen LogP contribution in [0, 0.1) is 29.6 Å². The highest BCUT2D eigenvalue weighted by Crippen LogP contribution is 2.68. The molecule has 1 aromatic heterocycles. The Bertz CT molecular complexity index is 1370. The number of thioether (sulfide) groups is 1. The molecule has 3 heterocycles. The van der Waals surface area contributed by atoms with E-state index in [1.807, 2.05) is 18.2 Å². The number of rotatable bonds is 3. The van der Waals surface area contributed by atoms with Crippen molar-refractivity contribution < 1.29 is 14.3 Å². The van der Waals surface area contributed by atoms with Crippen molar-refractivity contribution in [2.75, 3.05) is 12.0 Å². The Kier molecular flexibility index (Phi) is 4.42. The van der Waals surface area contributed by atoms with Gasteiger partial charge in [0.25, 0.3) is 0 Å². The molecule has 1 N–H and O–H groups in total. The summed E-state index contributed by atoms with van der Waals surface area (Å²) in [6.07, 6.45) is 0.897. The van der Waals surface area contributed by atoms with E-state index in [2.05, 4.69) is 17.1 Å². The maximum atomic E-state index is 13.7. The molecule has 4 aliphatic rings. The summed E-state index contributed by atoms with van der Waals surface area (Å²) in [5.74, 6) is 0.530. The van der Waals surface area contributed by atoms with Gasteiger partial charge >= 0.3 is 4.87 Å². The van der Waals surface area contributed by atoms with Crippen molar-refractivity contribution in [2.45, 2.75) is 22.6 Å². The van der Waals surface area contributed by atoms with Gasteiger partial charge in [0, 0.05) is 16.0 Å².